The minimum absolute atomic E-state index is 0.241. The van der Waals surface area contributed by atoms with Crippen molar-refractivity contribution in [3.63, 3.8) is 0 Å². The number of likely N-dealkylation sites (tertiary alicyclic amines) is 1. The van der Waals surface area contributed by atoms with Gasteiger partial charge in [0.25, 0.3) is 0 Å². The van der Waals surface area contributed by atoms with Gasteiger partial charge in [0, 0.05) is 63.7 Å². The monoisotopic (exact) mass is 286 g/mol. The molecule has 0 unspecified atom stereocenters. The molecule has 0 radical (unpaired) electrons. The molecule has 1 saturated heterocycles. The summed E-state index contributed by atoms with van der Waals surface area (Å²) in [7, 11) is 1.94. The molecule has 1 fully saturated rings. The second kappa shape index (κ2) is 6.37. The summed E-state index contributed by atoms with van der Waals surface area (Å²) in [6.07, 6.45) is 8.71. The van der Waals surface area contributed by atoms with Crippen LogP contribution in [0.25, 0.3) is 0 Å². The third kappa shape index (κ3) is 3.31. The fourth-order valence-electron chi connectivity index (χ4n) is 3.17. The topological polar surface area (TPSA) is 54.2 Å². The van der Waals surface area contributed by atoms with E-state index in [4.69, 9.17) is 0 Å². The first kappa shape index (κ1) is 14.2. The minimum atomic E-state index is 0.241. The van der Waals surface area contributed by atoms with Crippen molar-refractivity contribution in [1.29, 1.82) is 0 Å². The molecule has 0 amide bonds. The fourth-order valence-corrected chi connectivity index (χ4v) is 3.17. The molecule has 0 saturated carbocycles. The molecule has 0 aromatic carbocycles. The summed E-state index contributed by atoms with van der Waals surface area (Å²) in [5.41, 5.74) is 2.55. The average molecular weight is 286 g/mol. The van der Waals surface area contributed by atoms with Crippen molar-refractivity contribution in [3.8, 4) is 0 Å². The zero-order valence-corrected chi connectivity index (χ0v) is 12.4. The summed E-state index contributed by atoms with van der Waals surface area (Å²) in [6.45, 7) is 3.23. The molecule has 0 aliphatic carbocycles. The van der Waals surface area contributed by atoms with Crippen molar-refractivity contribution in [2.24, 2.45) is 13.0 Å². The Morgan fingerprint density at radius 3 is 2.76 bits per heavy atom. The SMILES string of the molecule is Cn1cc([C@@H]2CN(CCc3ccncc3)C[C@H]2CO)cn1. The van der Waals surface area contributed by atoms with E-state index in [1.165, 1.54) is 11.1 Å². The summed E-state index contributed by atoms with van der Waals surface area (Å²) in [4.78, 5) is 6.49. The molecule has 0 spiro atoms. The normalized spacial score (nSPS) is 22.8. The summed E-state index contributed by atoms with van der Waals surface area (Å²) < 4.78 is 1.84. The highest BCUT2D eigenvalue weighted by atomic mass is 16.3. The molecule has 1 aliphatic heterocycles. The highest BCUT2D eigenvalue weighted by Crippen LogP contribution is 2.32. The van der Waals surface area contributed by atoms with Gasteiger partial charge in [-0.3, -0.25) is 9.67 Å². The van der Waals surface area contributed by atoms with Gasteiger partial charge in [0.15, 0.2) is 0 Å². The molecule has 1 aliphatic rings. The van der Waals surface area contributed by atoms with E-state index in [1.54, 1.807) is 0 Å². The number of pyridine rings is 1. The average Bonchev–Trinajstić information content (AvgIpc) is 3.12. The smallest absolute Gasteiger partial charge is 0.0525 e. The Kier molecular flexibility index (Phi) is 4.31. The molecular weight excluding hydrogens is 264 g/mol. The van der Waals surface area contributed by atoms with Crippen LogP contribution >= 0.6 is 0 Å². The lowest BCUT2D eigenvalue weighted by Gasteiger charge is -2.15. The van der Waals surface area contributed by atoms with Crippen LogP contribution in [0.5, 0.6) is 0 Å². The van der Waals surface area contributed by atoms with Gasteiger partial charge in [-0.05, 0) is 29.7 Å². The van der Waals surface area contributed by atoms with Crippen LogP contribution in [0.2, 0.25) is 0 Å². The first-order valence-electron chi connectivity index (χ1n) is 7.47. The molecule has 0 bridgehead atoms. The zero-order valence-electron chi connectivity index (χ0n) is 12.4. The van der Waals surface area contributed by atoms with Crippen LogP contribution in [0.1, 0.15) is 17.0 Å². The quantitative estimate of drug-likeness (QED) is 0.893. The van der Waals surface area contributed by atoms with Crippen molar-refractivity contribution in [2.45, 2.75) is 12.3 Å². The molecule has 3 rings (SSSR count). The lowest BCUT2D eigenvalue weighted by Crippen LogP contribution is -2.24. The van der Waals surface area contributed by atoms with Gasteiger partial charge in [0.1, 0.15) is 0 Å². The van der Waals surface area contributed by atoms with Crippen LogP contribution in [0, 0.1) is 5.92 Å². The van der Waals surface area contributed by atoms with Crippen molar-refractivity contribution in [2.75, 3.05) is 26.2 Å². The van der Waals surface area contributed by atoms with Gasteiger partial charge in [-0.2, -0.15) is 5.10 Å². The lowest BCUT2D eigenvalue weighted by atomic mass is 9.92. The number of aryl methyl sites for hydroxylation is 1. The highest BCUT2D eigenvalue weighted by Gasteiger charge is 2.33. The van der Waals surface area contributed by atoms with E-state index < -0.39 is 0 Å². The van der Waals surface area contributed by atoms with Gasteiger partial charge in [0.05, 0.1) is 6.20 Å². The zero-order chi connectivity index (χ0) is 14.7. The number of aliphatic hydroxyl groups is 1. The van der Waals surface area contributed by atoms with Gasteiger partial charge >= 0.3 is 0 Å². The van der Waals surface area contributed by atoms with Gasteiger partial charge in [-0.15, -0.1) is 0 Å². The number of nitrogens with zero attached hydrogens (tertiary/aromatic N) is 4. The molecule has 5 heteroatoms. The number of hydrogen-bond donors (Lipinski definition) is 1. The van der Waals surface area contributed by atoms with Gasteiger partial charge in [0.2, 0.25) is 0 Å². The van der Waals surface area contributed by atoms with Gasteiger partial charge in [-0.1, -0.05) is 0 Å². The Balaban J connectivity index is 1.61. The Labute approximate surface area is 125 Å². The van der Waals surface area contributed by atoms with E-state index in [2.05, 4.69) is 33.3 Å². The van der Waals surface area contributed by atoms with Crippen molar-refractivity contribution in [1.82, 2.24) is 19.7 Å². The van der Waals surface area contributed by atoms with Crippen LogP contribution in [-0.2, 0) is 13.5 Å². The largest absolute Gasteiger partial charge is 0.396 e. The summed E-state index contributed by atoms with van der Waals surface area (Å²) in [5, 5.41) is 13.9. The van der Waals surface area contributed by atoms with Crippen molar-refractivity contribution >= 4 is 0 Å². The summed E-state index contributed by atoms with van der Waals surface area (Å²) >= 11 is 0. The highest BCUT2D eigenvalue weighted by molar-refractivity contribution is 5.16. The second-order valence-corrected chi connectivity index (χ2v) is 5.86. The predicted octanol–water partition coefficient (Wildman–Crippen LogP) is 1.07. The Hall–Kier alpha value is -1.72. The number of rotatable bonds is 5. The minimum Gasteiger partial charge on any atom is -0.396 e. The van der Waals surface area contributed by atoms with Crippen LogP contribution in [0.4, 0.5) is 0 Å². The molecule has 3 heterocycles. The Bertz CT molecular complexity index is 569. The lowest BCUT2D eigenvalue weighted by molar-refractivity contribution is 0.215. The molecule has 2 aromatic heterocycles. The standard InChI is InChI=1S/C16H22N4O/c1-19-9-14(8-18-19)16-11-20(10-15(16)12-21)7-4-13-2-5-17-6-3-13/h2-3,5-6,8-9,15-16,21H,4,7,10-12H2,1H3/t15-,16-/m0/s1. The maximum absolute atomic E-state index is 9.65. The second-order valence-electron chi connectivity index (χ2n) is 5.86. The van der Waals surface area contributed by atoms with Crippen LogP contribution in [0.3, 0.4) is 0 Å². The van der Waals surface area contributed by atoms with Crippen molar-refractivity contribution < 1.29 is 5.11 Å². The Morgan fingerprint density at radius 2 is 2.10 bits per heavy atom. The first-order chi connectivity index (χ1) is 10.3. The van der Waals surface area contributed by atoms with Gasteiger partial charge < -0.3 is 10.0 Å². The molecule has 112 valence electrons. The first-order valence-corrected chi connectivity index (χ1v) is 7.47. The van der Waals surface area contributed by atoms with Crippen LogP contribution in [-0.4, -0.2) is 51.0 Å². The van der Waals surface area contributed by atoms with E-state index in [-0.39, 0.29) is 6.61 Å². The van der Waals surface area contributed by atoms with E-state index in [1.807, 2.05) is 30.3 Å². The third-order valence-electron chi connectivity index (χ3n) is 4.37. The Morgan fingerprint density at radius 1 is 1.29 bits per heavy atom. The van der Waals surface area contributed by atoms with Crippen LogP contribution < -0.4 is 0 Å². The molecule has 2 atom stereocenters. The third-order valence-corrected chi connectivity index (χ3v) is 4.37. The van der Waals surface area contributed by atoms with Crippen molar-refractivity contribution in [3.05, 3.63) is 48.0 Å². The summed E-state index contributed by atoms with van der Waals surface area (Å²) in [5.74, 6) is 0.702. The van der Waals surface area contributed by atoms with E-state index in [9.17, 15) is 5.11 Å². The maximum atomic E-state index is 9.65. The molecular formula is C16H22N4O. The fraction of sp³-hybridized carbons (Fsp3) is 0.500. The maximum Gasteiger partial charge on any atom is 0.0525 e. The van der Waals surface area contributed by atoms with E-state index >= 15 is 0 Å². The number of aromatic nitrogens is 3. The van der Waals surface area contributed by atoms with Gasteiger partial charge in [-0.25, -0.2) is 0 Å². The van der Waals surface area contributed by atoms with E-state index in [0.717, 1.165) is 26.1 Å². The molecule has 5 nitrogen and oxygen atoms in total. The number of hydrogen-bond acceptors (Lipinski definition) is 4. The summed E-state index contributed by atoms with van der Waals surface area (Å²) in [6, 6.07) is 4.14. The number of aliphatic hydroxyl groups excluding tert-OH is 1. The van der Waals surface area contributed by atoms with Crippen LogP contribution in [0.15, 0.2) is 36.9 Å². The van der Waals surface area contributed by atoms with E-state index in [0.29, 0.717) is 11.8 Å². The molecule has 2 aromatic rings. The molecule has 1 N–H and O–H groups in total. The predicted molar refractivity (Wildman–Crippen MR) is 80.9 cm³/mol. The molecule has 21 heavy (non-hydrogen) atoms.